The highest BCUT2D eigenvalue weighted by Gasteiger charge is 2.42. The van der Waals surface area contributed by atoms with E-state index >= 15 is 0 Å². The lowest BCUT2D eigenvalue weighted by molar-refractivity contribution is 0.0949. The fourth-order valence-electron chi connectivity index (χ4n) is 6.05. The molecule has 0 bridgehead atoms. The van der Waals surface area contributed by atoms with E-state index in [-0.39, 0.29) is 23.7 Å². The number of halogens is 2. The summed E-state index contributed by atoms with van der Waals surface area (Å²) in [7, 11) is 0. The molecule has 1 saturated heterocycles. The molecule has 39 heavy (non-hydrogen) atoms. The number of rotatable bonds is 6. The minimum atomic E-state index is -0.286. The number of carbonyl (C=O) groups excluding carboxylic acids is 1. The third-order valence-corrected chi connectivity index (χ3v) is 8.35. The third kappa shape index (κ3) is 5.03. The largest absolute Gasteiger partial charge is 0.351 e. The van der Waals surface area contributed by atoms with Gasteiger partial charge in [0.1, 0.15) is 11.9 Å². The highest BCUT2D eigenvalue weighted by Crippen LogP contribution is 2.46. The number of hydrogen-bond acceptors (Lipinski definition) is 5. The number of carbonyl (C=O) groups is 1. The van der Waals surface area contributed by atoms with Crippen LogP contribution < -0.4 is 10.3 Å². The lowest BCUT2D eigenvalue weighted by atomic mass is 9.77. The highest BCUT2D eigenvalue weighted by molar-refractivity contribution is 6.32. The Bertz CT molecular complexity index is 1480. The number of aryl methyl sites for hydroxylation is 1. The van der Waals surface area contributed by atoms with E-state index in [9.17, 15) is 14.4 Å². The summed E-state index contributed by atoms with van der Waals surface area (Å²) in [6.45, 7) is 3.76. The minimum absolute atomic E-state index is 0.0504. The van der Waals surface area contributed by atoms with Gasteiger partial charge in [0.25, 0.3) is 5.91 Å². The first-order valence-corrected chi connectivity index (χ1v) is 13.9. The zero-order valence-corrected chi connectivity index (χ0v) is 22.3. The van der Waals surface area contributed by atoms with Crippen LogP contribution in [0.5, 0.6) is 0 Å². The van der Waals surface area contributed by atoms with E-state index in [1.807, 2.05) is 41.4 Å². The van der Waals surface area contributed by atoms with Crippen molar-refractivity contribution in [3.05, 3.63) is 99.3 Å². The molecule has 0 unspecified atom stereocenters. The van der Waals surface area contributed by atoms with Gasteiger partial charge < -0.3 is 10.2 Å². The van der Waals surface area contributed by atoms with E-state index in [0.29, 0.717) is 22.7 Å². The van der Waals surface area contributed by atoms with Gasteiger partial charge >= 0.3 is 0 Å². The molecule has 0 aromatic heterocycles. The number of nitrogens with one attached hydrogen (secondary N) is 1. The Morgan fingerprint density at radius 1 is 1.10 bits per heavy atom. The smallest absolute Gasteiger partial charge is 0.251 e. The Kier molecular flexibility index (Phi) is 7.07. The van der Waals surface area contributed by atoms with Gasteiger partial charge in [0.05, 0.1) is 28.0 Å². The van der Waals surface area contributed by atoms with Gasteiger partial charge in [-0.1, -0.05) is 29.8 Å². The molecule has 1 fully saturated rings. The Hall–Kier alpha value is -3.73. The average Bonchev–Trinajstić information content (AvgIpc) is 3.61. The molecule has 3 aromatic carbocycles. The molecule has 1 aliphatic carbocycles. The van der Waals surface area contributed by atoms with E-state index in [1.54, 1.807) is 12.1 Å². The summed E-state index contributed by atoms with van der Waals surface area (Å²) in [6, 6.07) is 19.7. The fraction of sp³-hybridized carbons (Fsp3) is 0.323. The van der Waals surface area contributed by atoms with Gasteiger partial charge in [0.15, 0.2) is 0 Å². The topological polar surface area (TPSA) is 71.7 Å². The molecular weight excluding hydrogens is 513 g/mol. The van der Waals surface area contributed by atoms with Crippen molar-refractivity contribution in [3.8, 4) is 6.07 Å². The molecule has 8 heteroatoms. The van der Waals surface area contributed by atoms with Gasteiger partial charge in [-0.05, 0) is 92.4 Å². The van der Waals surface area contributed by atoms with Crippen LogP contribution in [0.15, 0.2) is 65.8 Å². The van der Waals surface area contributed by atoms with E-state index in [4.69, 9.17) is 16.7 Å². The number of benzene rings is 3. The van der Waals surface area contributed by atoms with Crippen LogP contribution in [0, 0.1) is 23.1 Å². The van der Waals surface area contributed by atoms with Gasteiger partial charge in [0.2, 0.25) is 0 Å². The zero-order chi connectivity index (χ0) is 26.9. The molecule has 0 spiro atoms. The number of hydrogen-bond donors (Lipinski definition) is 1. The van der Waals surface area contributed by atoms with Crippen molar-refractivity contribution in [2.45, 2.75) is 31.7 Å². The summed E-state index contributed by atoms with van der Waals surface area (Å²) in [6.07, 6.45) is 4.13. The van der Waals surface area contributed by atoms with Crippen molar-refractivity contribution < 1.29 is 9.18 Å². The quantitative estimate of drug-likeness (QED) is 0.434. The molecule has 3 aliphatic rings. The van der Waals surface area contributed by atoms with Crippen LogP contribution in [-0.2, 0) is 6.42 Å². The molecule has 2 aliphatic heterocycles. The maximum absolute atomic E-state index is 13.8. The molecule has 2 heterocycles. The van der Waals surface area contributed by atoms with Gasteiger partial charge in [0, 0.05) is 30.1 Å². The standard InChI is InChI=1S/C31H29ClFN5O/c32-28-18-25(10-5-23(28)19-34)38-30(20-3-8-24(33)9-4-20)27-12-6-21-17-22(7-11-26(21)29(27)36-38)31(39)35-13-16-37-14-1-2-15-37/h3-5,7-11,17-18,27,30H,1-2,6,12-16H2,(H,35,39)/t27-,30-/m0/s1. The predicted octanol–water partition coefficient (Wildman–Crippen LogP) is 5.70. The molecule has 198 valence electrons. The van der Waals surface area contributed by atoms with Crippen LogP contribution in [0.1, 0.15) is 57.9 Å². The molecular formula is C31H29ClFN5O. The maximum Gasteiger partial charge on any atom is 0.251 e. The molecule has 0 radical (unpaired) electrons. The normalized spacial score (nSPS) is 20.2. The first-order valence-electron chi connectivity index (χ1n) is 13.5. The van der Waals surface area contributed by atoms with E-state index in [1.165, 1.54) is 25.0 Å². The summed E-state index contributed by atoms with van der Waals surface area (Å²) in [5.41, 5.74) is 5.89. The lowest BCUT2D eigenvalue weighted by Crippen LogP contribution is -2.33. The third-order valence-electron chi connectivity index (χ3n) is 8.04. The van der Waals surface area contributed by atoms with Gasteiger partial charge in [-0.2, -0.15) is 10.4 Å². The first-order chi connectivity index (χ1) is 19.0. The number of nitriles is 1. The number of likely N-dealkylation sites (tertiary alicyclic amines) is 1. The molecule has 1 N–H and O–H groups in total. The number of amides is 1. The molecule has 2 atom stereocenters. The van der Waals surface area contributed by atoms with Crippen LogP contribution in [-0.4, -0.2) is 42.7 Å². The Morgan fingerprint density at radius 2 is 1.90 bits per heavy atom. The van der Waals surface area contributed by atoms with Crippen molar-refractivity contribution in [1.82, 2.24) is 10.2 Å². The van der Waals surface area contributed by atoms with Crippen LogP contribution >= 0.6 is 11.6 Å². The van der Waals surface area contributed by atoms with E-state index in [2.05, 4.69) is 16.3 Å². The van der Waals surface area contributed by atoms with Crippen molar-refractivity contribution in [3.63, 3.8) is 0 Å². The second-order valence-corrected chi connectivity index (χ2v) is 10.8. The summed E-state index contributed by atoms with van der Waals surface area (Å²) < 4.78 is 13.8. The van der Waals surface area contributed by atoms with Crippen LogP contribution in [0.3, 0.4) is 0 Å². The Labute approximate surface area is 232 Å². The monoisotopic (exact) mass is 541 g/mol. The number of nitrogens with zero attached hydrogens (tertiary/aromatic N) is 4. The molecule has 6 rings (SSSR count). The zero-order valence-electron chi connectivity index (χ0n) is 21.5. The van der Waals surface area contributed by atoms with Gasteiger partial charge in [-0.3, -0.25) is 9.80 Å². The van der Waals surface area contributed by atoms with Crippen LogP contribution in [0.25, 0.3) is 0 Å². The highest BCUT2D eigenvalue weighted by atomic mass is 35.5. The SMILES string of the molecule is N#Cc1ccc(N2N=C3c4ccc(C(=O)NCCN5CCCC5)cc4CC[C@@H]3[C@@H]2c2ccc(F)cc2)cc1Cl. The summed E-state index contributed by atoms with van der Waals surface area (Å²) in [5, 5.41) is 19.8. The average molecular weight is 542 g/mol. The van der Waals surface area contributed by atoms with E-state index in [0.717, 1.165) is 60.6 Å². The first kappa shape index (κ1) is 25.5. The van der Waals surface area contributed by atoms with Crippen molar-refractivity contribution in [2.24, 2.45) is 11.0 Å². The number of fused-ring (bicyclic) bond motifs is 3. The van der Waals surface area contributed by atoms with Crippen molar-refractivity contribution >= 4 is 28.9 Å². The molecule has 0 saturated carbocycles. The van der Waals surface area contributed by atoms with E-state index < -0.39 is 0 Å². The van der Waals surface area contributed by atoms with Gasteiger partial charge in [-0.15, -0.1) is 0 Å². The maximum atomic E-state index is 13.8. The predicted molar refractivity (Wildman–Crippen MR) is 151 cm³/mol. The fourth-order valence-corrected chi connectivity index (χ4v) is 6.27. The second kappa shape index (κ2) is 10.8. The number of hydrazone groups is 1. The molecule has 1 amide bonds. The van der Waals surface area contributed by atoms with Crippen LogP contribution in [0.4, 0.5) is 10.1 Å². The summed E-state index contributed by atoms with van der Waals surface area (Å²) >= 11 is 6.39. The Morgan fingerprint density at radius 3 is 2.64 bits per heavy atom. The Balaban J connectivity index is 1.29. The van der Waals surface area contributed by atoms with Crippen LogP contribution in [0.2, 0.25) is 5.02 Å². The minimum Gasteiger partial charge on any atom is -0.351 e. The second-order valence-electron chi connectivity index (χ2n) is 10.4. The van der Waals surface area contributed by atoms with Crippen molar-refractivity contribution in [1.29, 1.82) is 5.26 Å². The lowest BCUT2D eigenvalue weighted by Gasteiger charge is -2.31. The molecule has 3 aromatic rings. The van der Waals surface area contributed by atoms with Gasteiger partial charge in [-0.25, -0.2) is 4.39 Å². The van der Waals surface area contributed by atoms with Crippen molar-refractivity contribution in [2.75, 3.05) is 31.2 Å². The number of anilines is 1. The summed E-state index contributed by atoms with van der Waals surface area (Å²) in [4.78, 5) is 15.3. The summed E-state index contributed by atoms with van der Waals surface area (Å²) in [5.74, 6) is -0.255. The molecule has 6 nitrogen and oxygen atoms in total.